The van der Waals surface area contributed by atoms with E-state index in [2.05, 4.69) is 10.6 Å². The monoisotopic (exact) mass is 343 g/mol. The highest BCUT2D eigenvalue weighted by Crippen LogP contribution is 2.30. The van der Waals surface area contributed by atoms with Crippen LogP contribution >= 0.6 is 0 Å². The molecule has 130 valence electrons. The van der Waals surface area contributed by atoms with Gasteiger partial charge in [-0.15, -0.1) is 0 Å². The molecule has 1 atom stereocenters. The number of rotatable bonds is 5. The first-order chi connectivity index (χ1) is 11.2. The molecule has 1 heterocycles. The predicted molar refractivity (Wildman–Crippen MR) is 79.0 cm³/mol. The first kappa shape index (κ1) is 17.8. The number of amides is 4. The molecule has 0 aromatic heterocycles. The maximum absolute atomic E-state index is 12.6. The molecule has 2 N–H and O–H groups in total. The second-order valence-electron chi connectivity index (χ2n) is 5.34. The standard InChI is InChI=1S/C15H16F3N3O3/c1-2-4-11-13(23)21(14(24)20-11)8-12(22)19-10-6-3-5-9(7-10)15(16,17)18/h3,5-7,11H,2,4,8H2,1H3,(H,19,22)(H,20,24). The third-order valence-corrected chi connectivity index (χ3v) is 3.46. The Morgan fingerprint density at radius 1 is 1.33 bits per heavy atom. The number of benzene rings is 1. The molecule has 9 heteroatoms. The number of carbonyl (C=O) groups is 3. The van der Waals surface area contributed by atoms with Crippen LogP contribution < -0.4 is 10.6 Å². The molecular formula is C15H16F3N3O3. The lowest BCUT2D eigenvalue weighted by Crippen LogP contribution is -2.38. The Morgan fingerprint density at radius 3 is 2.67 bits per heavy atom. The number of hydrogen-bond acceptors (Lipinski definition) is 3. The van der Waals surface area contributed by atoms with Gasteiger partial charge >= 0.3 is 12.2 Å². The first-order valence-electron chi connectivity index (χ1n) is 7.31. The molecule has 0 radical (unpaired) electrons. The summed E-state index contributed by atoms with van der Waals surface area (Å²) < 4.78 is 37.9. The van der Waals surface area contributed by atoms with Crippen molar-refractivity contribution in [1.29, 1.82) is 0 Å². The number of alkyl halides is 3. The van der Waals surface area contributed by atoms with E-state index >= 15 is 0 Å². The number of urea groups is 1. The molecule has 4 amide bonds. The summed E-state index contributed by atoms with van der Waals surface area (Å²) in [5, 5.41) is 4.72. The number of carbonyl (C=O) groups excluding carboxylic acids is 3. The van der Waals surface area contributed by atoms with Crippen molar-refractivity contribution in [3.8, 4) is 0 Å². The van der Waals surface area contributed by atoms with E-state index < -0.39 is 42.2 Å². The molecule has 0 saturated carbocycles. The molecule has 1 aliphatic rings. The maximum atomic E-state index is 12.6. The van der Waals surface area contributed by atoms with Gasteiger partial charge in [0.2, 0.25) is 5.91 Å². The van der Waals surface area contributed by atoms with Crippen LogP contribution in [0.1, 0.15) is 25.3 Å². The van der Waals surface area contributed by atoms with Crippen LogP contribution in [0.4, 0.5) is 23.7 Å². The van der Waals surface area contributed by atoms with E-state index in [0.717, 1.165) is 23.1 Å². The van der Waals surface area contributed by atoms with Crippen molar-refractivity contribution in [3.05, 3.63) is 29.8 Å². The number of hydrogen-bond donors (Lipinski definition) is 2. The molecule has 0 bridgehead atoms. The second-order valence-corrected chi connectivity index (χ2v) is 5.34. The minimum Gasteiger partial charge on any atom is -0.326 e. The average molecular weight is 343 g/mol. The van der Waals surface area contributed by atoms with E-state index in [1.807, 2.05) is 6.92 Å². The van der Waals surface area contributed by atoms with Crippen LogP contribution in [0.3, 0.4) is 0 Å². The lowest BCUT2D eigenvalue weighted by Gasteiger charge is -2.14. The van der Waals surface area contributed by atoms with E-state index in [1.165, 1.54) is 6.07 Å². The van der Waals surface area contributed by atoms with E-state index in [9.17, 15) is 27.6 Å². The van der Waals surface area contributed by atoms with Crippen molar-refractivity contribution in [1.82, 2.24) is 10.2 Å². The van der Waals surface area contributed by atoms with Crippen molar-refractivity contribution in [2.24, 2.45) is 0 Å². The molecule has 1 saturated heterocycles. The van der Waals surface area contributed by atoms with Crippen molar-refractivity contribution in [3.63, 3.8) is 0 Å². The van der Waals surface area contributed by atoms with Gasteiger partial charge in [-0.1, -0.05) is 19.4 Å². The quantitative estimate of drug-likeness (QED) is 0.806. The average Bonchev–Trinajstić information content (AvgIpc) is 2.75. The normalized spacial score (nSPS) is 17.8. The second kappa shape index (κ2) is 6.90. The Kier molecular flexibility index (Phi) is 5.10. The van der Waals surface area contributed by atoms with E-state index in [0.29, 0.717) is 12.8 Å². The van der Waals surface area contributed by atoms with Crippen LogP contribution in [0.2, 0.25) is 0 Å². The molecular weight excluding hydrogens is 327 g/mol. The minimum absolute atomic E-state index is 0.0630. The Hall–Kier alpha value is -2.58. The third kappa shape index (κ3) is 4.03. The Balaban J connectivity index is 2.01. The highest BCUT2D eigenvalue weighted by atomic mass is 19.4. The van der Waals surface area contributed by atoms with Crippen LogP contribution in [0.15, 0.2) is 24.3 Å². The van der Waals surface area contributed by atoms with Gasteiger partial charge in [0, 0.05) is 5.69 Å². The van der Waals surface area contributed by atoms with Crippen LogP contribution in [0, 0.1) is 0 Å². The maximum Gasteiger partial charge on any atom is 0.416 e. The van der Waals surface area contributed by atoms with Crippen molar-refractivity contribution < 1.29 is 27.6 Å². The number of halogens is 3. The van der Waals surface area contributed by atoms with Gasteiger partial charge in [0.15, 0.2) is 0 Å². The van der Waals surface area contributed by atoms with Gasteiger partial charge in [-0.2, -0.15) is 13.2 Å². The van der Waals surface area contributed by atoms with Crippen LogP contribution in [-0.2, 0) is 15.8 Å². The molecule has 1 unspecified atom stereocenters. The summed E-state index contributed by atoms with van der Waals surface area (Å²) in [4.78, 5) is 36.4. The van der Waals surface area contributed by atoms with Crippen molar-refractivity contribution in [2.75, 3.05) is 11.9 Å². The minimum atomic E-state index is -4.53. The fourth-order valence-electron chi connectivity index (χ4n) is 2.33. The van der Waals surface area contributed by atoms with Crippen LogP contribution in [0.5, 0.6) is 0 Å². The van der Waals surface area contributed by atoms with Crippen molar-refractivity contribution in [2.45, 2.75) is 32.0 Å². The molecule has 1 aromatic carbocycles. The smallest absolute Gasteiger partial charge is 0.326 e. The van der Waals surface area contributed by atoms with Gasteiger partial charge in [0.05, 0.1) is 5.56 Å². The summed E-state index contributed by atoms with van der Waals surface area (Å²) in [6.07, 6.45) is -3.39. The number of imide groups is 1. The van der Waals surface area contributed by atoms with E-state index in [4.69, 9.17) is 0 Å². The summed E-state index contributed by atoms with van der Waals surface area (Å²) in [5.41, 5.74) is -0.967. The van der Waals surface area contributed by atoms with Gasteiger partial charge in [0.25, 0.3) is 5.91 Å². The van der Waals surface area contributed by atoms with Crippen LogP contribution in [-0.4, -0.2) is 35.3 Å². The molecule has 1 aliphatic heterocycles. The predicted octanol–water partition coefficient (Wildman–Crippen LogP) is 2.36. The SMILES string of the molecule is CCCC1NC(=O)N(CC(=O)Nc2cccc(C(F)(F)F)c2)C1=O. The van der Waals surface area contributed by atoms with Gasteiger partial charge in [-0.05, 0) is 24.6 Å². The largest absolute Gasteiger partial charge is 0.416 e. The van der Waals surface area contributed by atoms with Gasteiger partial charge in [-0.3, -0.25) is 14.5 Å². The zero-order chi connectivity index (χ0) is 17.9. The topological polar surface area (TPSA) is 78.5 Å². The lowest BCUT2D eigenvalue weighted by atomic mass is 10.1. The molecule has 0 spiro atoms. The fourth-order valence-corrected chi connectivity index (χ4v) is 2.33. The zero-order valence-corrected chi connectivity index (χ0v) is 12.8. The highest BCUT2D eigenvalue weighted by molar-refractivity contribution is 6.07. The zero-order valence-electron chi connectivity index (χ0n) is 12.8. The summed E-state index contributed by atoms with van der Waals surface area (Å²) >= 11 is 0. The first-order valence-corrected chi connectivity index (χ1v) is 7.31. The number of nitrogens with one attached hydrogen (secondary N) is 2. The molecule has 2 rings (SSSR count). The molecule has 6 nitrogen and oxygen atoms in total. The molecule has 0 aliphatic carbocycles. The van der Waals surface area contributed by atoms with E-state index in [1.54, 1.807) is 0 Å². The van der Waals surface area contributed by atoms with Gasteiger partial charge in [-0.25, -0.2) is 4.79 Å². The summed E-state index contributed by atoms with van der Waals surface area (Å²) in [6.45, 7) is 1.30. The van der Waals surface area contributed by atoms with Gasteiger partial charge < -0.3 is 10.6 Å². The highest BCUT2D eigenvalue weighted by Gasteiger charge is 2.38. The van der Waals surface area contributed by atoms with Crippen LogP contribution in [0.25, 0.3) is 0 Å². The number of nitrogens with zero attached hydrogens (tertiary/aromatic N) is 1. The summed E-state index contributed by atoms with van der Waals surface area (Å²) in [5.74, 6) is -1.27. The van der Waals surface area contributed by atoms with E-state index in [-0.39, 0.29) is 5.69 Å². The van der Waals surface area contributed by atoms with Gasteiger partial charge in [0.1, 0.15) is 12.6 Å². The molecule has 1 aromatic rings. The lowest BCUT2D eigenvalue weighted by molar-refractivity contribution is -0.137. The Labute approximate surface area is 136 Å². The molecule has 1 fully saturated rings. The summed E-state index contributed by atoms with van der Waals surface area (Å²) in [7, 11) is 0. The Bertz CT molecular complexity index is 661. The fraction of sp³-hybridized carbons (Fsp3) is 0.400. The molecule has 24 heavy (non-hydrogen) atoms. The number of anilines is 1. The third-order valence-electron chi connectivity index (χ3n) is 3.46. The van der Waals surface area contributed by atoms with Crippen molar-refractivity contribution >= 4 is 23.5 Å². The Morgan fingerprint density at radius 2 is 2.04 bits per heavy atom. The summed E-state index contributed by atoms with van der Waals surface area (Å²) in [6, 6.07) is 2.76.